The van der Waals surface area contributed by atoms with E-state index in [1.54, 1.807) is 0 Å². The van der Waals surface area contributed by atoms with Crippen LogP contribution >= 0.6 is 11.6 Å². The van der Waals surface area contributed by atoms with Crippen molar-refractivity contribution in [3.05, 3.63) is 34.9 Å². The third-order valence-electron chi connectivity index (χ3n) is 4.53. The molecule has 0 aromatic heterocycles. The van der Waals surface area contributed by atoms with Crippen LogP contribution in [0.4, 0.5) is 4.79 Å². The molecule has 2 fully saturated rings. The molecule has 2 amide bonds. The third kappa shape index (κ3) is 2.32. The lowest BCUT2D eigenvalue weighted by Gasteiger charge is -2.43. The molecule has 0 spiro atoms. The van der Waals surface area contributed by atoms with Crippen LogP contribution in [-0.4, -0.2) is 12.6 Å². The monoisotopic (exact) mass is 278 g/mol. The van der Waals surface area contributed by atoms with Crippen LogP contribution in [0.15, 0.2) is 24.3 Å². The van der Waals surface area contributed by atoms with Crippen molar-refractivity contribution >= 4 is 17.6 Å². The van der Waals surface area contributed by atoms with Gasteiger partial charge < -0.3 is 10.6 Å². The van der Waals surface area contributed by atoms with E-state index in [4.69, 9.17) is 11.6 Å². The van der Waals surface area contributed by atoms with Gasteiger partial charge in [-0.05, 0) is 42.9 Å². The van der Waals surface area contributed by atoms with Gasteiger partial charge in [0.15, 0.2) is 0 Å². The van der Waals surface area contributed by atoms with Gasteiger partial charge in [-0.25, -0.2) is 4.79 Å². The number of hydrogen-bond donors (Lipinski definition) is 2. The van der Waals surface area contributed by atoms with E-state index in [0.717, 1.165) is 23.6 Å². The van der Waals surface area contributed by atoms with E-state index in [1.807, 2.05) is 18.2 Å². The van der Waals surface area contributed by atoms with Gasteiger partial charge in [0.05, 0.1) is 5.54 Å². The molecule has 3 nitrogen and oxygen atoms in total. The Morgan fingerprint density at radius 3 is 2.74 bits per heavy atom. The topological polar surface area (TPSA) is 41.1 Å². The second kappa shape index (κ2) is 5.04. The normalized spacial score (nSPS) is 27.9. The quantitative estimate of drug-likeness (QED) is 0.855. The number of benzene rings is 1. The number of halogens is 1. The highest BCUT2D eigenvalue weighted by Gasteiger charge is 2.44. The number of urea groups is 1. The van der Waals surface area contributed by atoms with E-state index >= 15 is 0 Å². The SMILES string of the molecule is O=C1NCCC(c2cccc(Cl)c2)(C2CCCC2)N1. The molecule has 1 atom stereocenters. The van der Waals surface area contributed by atoms with Crippen LogP contribution in [0.5, 0.6) is 0 Å². The molecule has 1 aromatic rings. The molecule has 1 saturated heterocycles. The van der Waals surface area contributed by atoms with E-state index in [9.17, 15) is 4.79 Å². The Kier molecular flexibility index (Phi) is 3.40. The number of nitrogens with one attached hydrogen (secondary N) is 2. The van der Waals surface area contributed by atoms with Gasteiger partial charge in [0, 0.05) is 11.6 Å². The summed E-state index contributed by atoms with van der Waals surface area (Å²) in [5, 5.41) is 6.81. The van der Waals surface area contributed by atoms with Crippen LogP contribution in [-0.2, 0) is 5.54 Å². The fourth-order valence-electron chi connectivity index (χ4n) is 3.63. The summed E-state index contributed by atoms with van der Waals surface area (Å²) in [7, 11) is 0. The Balaban J connectivity index is 2.02. The molecule has 1 heterocycles. The van der Waals surface area contributed by atoms with Crippen LogP contribution in [0.2, 0.25) is 5.02 Å². The number of amides is 2. The second-order valence-corrected chi connectivity index (χ2v) is 6.03. The first-order valence-corrected chi connectivity index (χ1v) is 7.40. The fraction of sp³-hybridized carbons (Fsp3) is 0.533. The van der Waals surface area contributed by atoms with E-state index in [-0.39, 0.29) is 11.6 Å². The van der Waals surface area contributed by atoms with Crippen LogP contribution in [0.1, 0.15) is 37.7 Å². The Morgan fingerprint density at radius 1 is 1.26 bits per heavy atom. The van der Waals surface area contributed by atoms with E-state index < -0.39 is 0 Å². The summed E-state index contributed by atoms with van der Waals surface area (Å²) in [6.45, 7) is 0.731. The van der Waals surface area contributed by atoms with Gasteiger partial charge >= 0.3 is 6.03 Å². The van der Waals surface area contributed by atoms with E-state index in [2.05, 4.69) is 16.7 Å². The summed E-state index contributed by atoms with van der Waals surface area (Å²) in [4.78, 5) is 11.8. The summed E-state index contributed by atoms with van der Waals surface area (Å²) >= 11 is 6.14. The molecule has 2 N–H and O–H groups in total. The highest BCUT2D eigenvalue weighted by atomic mass is 35.5. The van der Waals surface area contributed by atoms with Crippen LogP contribution in [0, 0.1) is 5.92 Å². The van der Waals surface area contributed by atoms with Gasteiger partial charge in [0.25, 0.3) is 0 Å². The molecular weight excluding hydrogens is 260 g/mol. The molecule has 3 rings (SSSR count). The molecule has 1 aliphatic heterocycles. The maximum Gasteiger partial charge on any atom is 0.315 e. The Morgan fingerprint density at radius 2 is 2.05 bits per heavy atom. The zero-order valence-electron chi connectivity index (χ0n) is 10.9. The molecule has 1 aliphatic carbocycles. The van der Waals surface area contributed by atoms with Gasteiger partial charge in [0.1, 0.15) is 0 Å². The van der Waals surface area contributed by atoms with E-state index in [0.29, 0.717) is 5.92 Å². The van der Waals surface area contributed by atoms with Crippen molar-refractivity contribution in [2.24, 2.45) is 5.92 Å². The molecule has 102 valence electrons. The summed E-state index contributed by atoms with van der Waals surface area (Å²) in [5.74, 6) is 0.525. The average Bonchev–Trinajstić information content (AvgIpc) is 2.93. The minimum Gasteiger partial charge on any atom is -0.338 e. The summed E-state index contributed by atoms with van der Waals surface area (Å²) in [5.41, 5.74) is 0.922. The van der Waals surface area contributed by atoms with Crippen molar-refractivity contribution in [2.45, 2.75) is 37.6 Å². The molecular formula is C15H19ClN2O. The highest BCUT2D eigenvalue weighted by Crippen LogP contribution is 2.43. The lowest BCUT2D eigenvalue weighted by molar-refractivity contribution is 0.163. The summed E-state index contributed by atoms with van der Waals surface area (Å²) in [6, 6.07) is 7.90. The van der Waals surface area contributed by atoms with Crippen LogP contribution in [0.25, 0.3) is 0 Å². The number of hydrogen-bond acceptors (Lipinski definition) is 1. The predicted octanol–water partition coefficient (Wildman–Crippen LogP) is 3.43. The van der Waals surface area contributed by atoms with Gasteiger partial charge in [0.2, 0.25) is 0 Å². The van der Waals surface area contributed by atoms with Crippen molar-refractivity contribution in [3.63, 3.8) is 0 Å². The molecule has 1 saturated carbocycles. The smallest absolute Gasteiger partial charge is 0.315 e. The molecule has 2 aliphatic rings. The van der Waals surface area contributed by atoms with Crippen molar-refractivity contribution < 1.29 is 4.79 Å². The van der Waals surface area contributed by atoms with Crippen molar-refractivity contribution in [2.75, 3.05) is 6.54 Å². The first-order valence-electron chi connectivity index (χ1n) is 7.03. The lowest BCUT2D eigenvalue weighted by atomic mass is 9.74. The molecule has 19 heavy (non-hydrogen) atoms. The molecule has 4 heteroatoms. The number of carbonyl (C=O) groups is 1. The Labute approximate surface area is 118 Å². The van der Waals surface area contributed by atoms with Crippen molar-refractivity contribution in [1.82, 2.24) is 10.6 Å². The first kappa shape index (κ1) is 12.8. The Bertz CT molecular complexity index is 485. The highest BCUT2D eigenvalue weighted by molar-refractivity contribution is 6.30. The third-order valence-corrected chi connectivity index (χ3v) is 4.77. The molecule has 1 unspecified atom stereocenters. The zero-order valence-corrected chi connectivity index (χ0v) is 11.7. The minimum absolute atomic E-state index is 0.0573. The maximum atomic E-state index is 11.8. The van der Waals surface area contributed by atoms with Gasteiger partial charge in [-0.15, -0.1) is 0 Å². The molecule has 0 bridgehead atoms. The Hall–Kier alpha value is -1.22. The fourth-order valence-corrected chi connectivity index (χ4v) is 3.82. The van der Waals surface area contributed by atoms with Gasteiger partial charge in [-0.1, -0.05) is 36.6 Å². The summed E-state index contributed by atoms with van der Waals surface area (Å²) < 4.78 is 0. The molecule has 0 radical (unpaired) electrons. The zero-order chi connectivity index (χ0) is 13.3. The van der Waals surface area contributed by atoms with Crippen LogP contribution in [0.3, 0.4) is 0 Å². The predicted molar refractivity (Wildman–Crippen MR) is 76.2 cm³/mol. The van der Waals surface area contributed by atoms with Crippen LogP contribution < -0.4 is 10.6 Å². The summed E-state index contributed by atoms with van der Waals surface area (Å²) in [6.07, 6.45) is 5.83. The maximum absolute atomic E-state index is 11.8. The lowest BCUT2D eigenvalue weighted by Crippen LogP contribution is -2.59. The van der Waals surface area contributed by atoms with Crippen molar-refractivity contribution in [3.8, 4) is 0 Å². The number of rotatable bonds is 2. The van der Waals surface area contributed by atoms with E-state index in [1.165, 1.54) is 25.7 Å². The second-order valence-electron chi connectivity index (χ2n) is 5.59. The largest absolute Gasteiger partial charge is 0.338 e. The average molecular weight is 279 g/mol. The van der Waals surface area contributed by atoms with Gasteiger partial charge in [-0.2, -0.15) is 0 Å². The first-order chi connectivity index (χ1) is 9.21. The number of carbonyl (C=O) groups excluding carboxylic acids is 1. The molecule has 1 aromatic carbocycles. The minimum atomic E-state index is -0.232. The van der Waals surface area contributed by atoms with Gasteiger partial charge in [-0.3, -0.25) is 0 Å². The standard InChI is InChI=1S/C15H19ClN2O/c16-13-7-3-6-12(10-13)15(11-4-1-2-5-11)8-9-17-14(19)18-15/h3,6-7,10-11H,1-2,4-5,8-9H2,(H2,17,18,19). The van der Waals surface area contributed by atoms with Crippen molar-refractivity contribution in [1.29, 1.82) is 0 Å².